The molecular weight excluding hydrogens is 112 g/mol. The number of hydrogen-bond acceptors (Lipinski definition) is 1. The quantitative estimate of drug-likeness (QED) is 0.531. The molecule has 1 nitrogen and oxygen atoms in total. The number of rotatable bonds is 3. The van der Waals surface area contributed by atoms with E-state index in [4.69, 9.17) is 4.74 Å². The Morgan fingerprint density at radius 3 is 2.44 bits per heavy atom. The van der Waals surface area contributed by atoms with E-state index in [0.717, 1.165) is 6.61 Å². The highest BCUT2D eigenvalue weighted by molar-refractivity contribution is 4.85. The first-order valence-corrected chi connectivity index (χ1v) is 3.78. The van der Waals surface area contributed by atoms with Crippen molar-refractivity contribution in [2.24, 2.45) is 5.41 Å². The molecule has 0 N–H and O–H groups in total. The largest absolute Gasteiger partial charge is 0.373 e. The summed E-state index contributed by atoms with van der Waals surface area (Å²) < 4.78 is 5.23. The second-order valence-electron chi connectivity index (χ2n) is 3.56. The maximum absolute atomic E-state index is 5.23. The van der Waals surface area contributed by atoms with Crippen LogP contribution in [0.1, 0.15) is 33.6 Å². The second kappa shape index (κ2) is 2.30. The van der Waals surface area contributed by atoms with Gasteiger partial charge in [-0.1, -0.05) is 27.2 Å². The smallest absolute Gasteiger partial charge is 0.0860 e. The number of ether oxygens (including phenoxy) is 1. The van der Waals surface area contributed by atoms with Crippen LogP contribution in [0, 0.1) is 5.41 Å². The Hall–Kier alpha value is -0.0400. The molecule has 1 unspecified atom stereocenters. The average molecular weight is 128 g/mol. The summed E-state index contributed by atoms with van der Waals surface area (Å²) in [6.07, 6.45) is 3.13. The molecule has 9 heavy (non-hydrogen) atoms. The van der Waals surface area contributed by atoms with E-state index in [1.54, 1.807) is 0 Å². The summed E-state index contributed by atoms with van der Waals surface area (Å²) >= 11 is 0. The Kier molecular flexibility index (Phi) is 1.80. The predicted molar refractivity (Wildman–Crippen MR) is 38.4 cm³/mol. The third-order valence-corrected chi connectivity index (χ3v) is 2.10. The minimum Gasteiger partial charge on any atom is -0.373 e. The Labute approximate surface area is 57.4 Å². The van der Waals surface area contributed by atoms with Gasteiger partial charge in [-0.2, -0.15) is 0 Å². The molecule has 0 radical (unpaired) electrons. The lowest BCUT2D eigenvalue weighted by Gasteiger charge is -2.20. The SMILES string of the molecule is CCCC(C)(C)C1CO1. The van der Waals surface area contributed by atoms with Crippen LogP contribution in [0.2, 0.25) is 0 Å². The Balaban J connectivity index is 2.30. The zero-order chi connectivity index (χ0) is 6.91. The van der Waals surface area contributed by atoms with Crippen LogP contribution in [0.4, 0.5) is 0 Å². The van der Waals surface area contributed by atoms with Crippen molar-refractivity contribution in [2.45, 2.75) is 39.7 Å². The van der Waals surface area contributed by atoms with E-state index >= 15 is 0 Å². The van der Waals surface area contributed by atoms with E-state index in [-0.39, 0.29) is 0 Å². The standard InChI is InChI=1S/C8H16O/c1-4-5-8(2,3)7-6-9-7/h7H,4-6H2,1-3H3. The normalized spacial score (nSPS) is 26.3. The van der Waals surface area contributed by atoms with Crippen LogP contribution in [0.25, 0.3) is 0 Å². The molecule has 1 saturated heterocycles. The topological polar surface area (TPSA) is 12.5 Å². The summed E-state index contributed by atoms with van der Waals surface area (Å²) in [5, 5.41) is 0. The molecule has 0 aromatic heterocycles. The highest BCUT2D eigenvalue weighted by atomic mass is 16.6. The summed E-state index contributed by atoms with van der Waals surface area (Å²) in [5.74, 6) is 0. The lowest BCUT2D eigenvalue weighted by molar-refractivity contribution is 0.225. The monoisotopic (exact) mass is 128 g/mol. The Morgan fingerprint density at radius 2 is 2.11 bits per heavy atom. The molecule has 0 spiro atoms. The van der Waals surface area contributed by atoms with E-state index in [0.29, 0.717) is 11.5 Å². The fraction of sp³-hybridized carbons (Fsp3) is 1.00. The van der Waals surface area contributed by atoms with E-state index in [1.165, 1.54) is 12.8 Å². The van der Waals surface area contributed by atoms with Crippen LogP contribution >= 0.6 is 0 Å². The molecule has 0 saturated carbocycles. The molecule has 0 bridgehead atoms. The van der Waals surface area contributed by atoms with Gasteiger partial charge in [0, 0.05) is 0 Å². The third kappa shape index (κ3) is 1.68. The summed E-state index contributed by atoms with van der Waals surface area (Å²) in [6, 6.07) is 0. The van der Waals surface area contributed by atoms with Gasteiger partial charge in [0.05, 0.1) is 12.7 Å². The van der Waals surface area contributed by atoms with Crippen LogP contribution in [0.3, 0.4) is 0 Å². The summed E-state index contributed by atoms with van der Waals surface area (Å²) in [4.78, 5) is 0. The summed E-state index contributed by atoms with van der Waals surface area (Å²) in [6.45, 7) is 7.79. The van der Waals surface area contributed by atoms with Crippen molar-refractivity contribution in [3.05, 3.63) is 0 Å². The minimum absolute atomic E-state index is 0.439. The molecule has 0 aromatic rings. The van der Waals surface area contributed by atoms with Gasteiger partial charge in [0.15, 0.2) is 0 Å². The molecule has 54 valence electrons. The first-order chi connectivity index (χ1) is 4.17. The molecule has 1 aliphatic heterocycles. The molecule has 1 rings (SSSR count). The van der Waals surface area contributed by atoms with Crippen LogP contribution < -0.4 is 0 Å². The second-order valence-corrected chi connectivity index (χ2v) is 3.56. The molecule has 0 aromatic carbocycles. The fourth-order valence-corrected chi connectivity index (χ4v) is 1.30. The third-order valence-electron chi connectivity index (χ3n) is 2.10. The highest BCUT2D eigenvalue weighted by Crippen LogP contribution is 2.35. The van der Waals surface area contributed by atoms with E-state index < -0.39 is 0 Å². The van der Waals surface area contributed by atoms with Gasteiger partial charge >= 0.3 is 0 Å². The molecule has 1 atom stereocenters. The molecule has 1 heteroatoms. The van der Waals surface area contributed by atoms with Crippen molar-refractivity contribution in [2.75, 3.05) is 6.61 Å². The first-order valence-electron chi connectivity index (χ1n) is 3.78. The Morgan fingerprint density at radius 1 is 1.56 bits per heavy atom. The van der Waals surface area contributed by atoms with Gasteiger partial charge in [0.1, 0.15) is 0 Å². The lowest BCUT2D eigenvalue weighted by atomic mass is 9.85. The fourth-order valence-electron chi connectivity index (χ4n) is 1.30. The Bertz CT molecular complexity index is 92.7. The van der Waals surface area contributed by atoms with Gasteiger partial charge in [-0.15, -0.1) is 0 Å². The van der Waals surface area contributed by atoms with E-state index in [9.17, 15) is 0 Å². The van der Waals surface area contributed by atoms with Crippen molar-refractivity contribution in [3.8, 4) is 0 Å². The van der Waals surface area contributed by atoms with E-state index in [2.05, 4.69) is 20.8 Å². The van der Waals surface area contributed by atoms with Gasteiger partial charge in [-0.05, 0) is 11.8 Å². The van der Waals surface area contributed by atoms with Gasteiger partial charge in [-0.3, -0.25) is 0 Å². The zero-order valence-electron chi connectivity index (χ0n) is 6.61. The maximum atomic E-state index is 5.23. The van der Waals surface area contributed by atoms with Gasteiger partial charge < -0.3 is 4.74 Å². The van der Waals surface area contributed by atoms with Crippen LogP contribution in [-0.4, -0.2) is 12.7 Å². The van der Waals surface area contributed by atoms with E-state index in [1.807, 2.05) is 0 Å². The van der Waals surface area contributed by atoms with Crippen molar-refractivity contribution >= 4 is 0 Å². The van der Waals surface area contributed by atoms with Gasteiger partial charge in [0.2, 0.25) is 0 Å². The zero-order valence-corrected chi connectivity index (χ0v) is 6.61. The summed E-state index contributed by atoms with van der Waals surface area (Å²) in [7, 11) is 0. The number of hydrogen-bond donors (Lipinski definition) is 0. The van der Waals surface area contributed by atoms with Gasteiger partial charge in [-0.25, -0.2) is 0 Å². The predicted octanol–water partition coefficient (Wildman–Crippen LogP) is 2.21. The molecule has 1 fully saturated rings. The molecule has 1 aliphatic rings. The van der Waals surface area contributed by atoms with Crippen LogP contribution in [0.15, 0.2) is 0 Å². The van der Waals surface area contributed by atoms with Crippen molar-refractivity contribution in [3.63, 3.8) is 0 Å². The first kappa shape index (κ1) is 7.07. The van der Waals surface area contributed by atoms with Crippen LogP contribution in [0.5, 0.6) is 0 Å². The van der Waals surface area contributed by atoms with Crippen molar-refractivity contribution in [1.82, 2.24) is 0 Å². The average Bonchev–Trinajstić information content (AvgIpc) is 2.41. The molecule has 1 heterocycles. The van der Waals surface area contributed by atoms with Crippen molar-refractivity contribution in [1.29, 1.82) is 0 Å². The summed E-state index contributed by atoms with van der Waals surface area (Å²) in [5.41, 5.74) is 0.439. The van der Waals surface area contributed by atoms with Crippen molar-refractivity contribution < 1.29 is 4.74 Å². The van der Waals surface area contributed by atoms with Gasteiger partial charge in [0.25, 0.3) is 0 Å². The highest BCUT2D eigenvalue weighted by Gasteiger charge is 2.38. The molecular formula is C8H16O. The minimum atomic E-state index is 0.439. The lowest BCUT2D eigenvalue weighted by Crippen LogP contribution is -2.18. The number of epoxide rings is 1. The molecule has 0 amide bonds. The maximum Gasteiger partial charge on any atom is 0.0860 e. The molecule has 0 aliphatic carbocycles. The van der Waals surface area contributed by atoms with Crippen LogP contribution in [-0.2, 0) is 4.74 Å².